The first-order valence-corrected chi connectivity index (χ1v) is 9.60. The number of halogens is 1. The summed E-state index contributed by atoms with van der Waals surface area (Å²) in [6, 6.07) is 6.86. The normalized spacial score (nSPS) is 12.4. The summed E-state index contributed by atoms with van der Waals surface area (Å²) in [6.45, 7) is 3.79. The van der Waals surface area contributed by atoms with Crippen LogP contribution < -0.4 is 5.56 Å². The smallest absolute Gasteiger partial charge is 0.326 e. The van der Waals surface area contributed by atoms with Gasteiger partial charge in [-0.15, -0.1) is 11.3 Å². The fraction of sp³-hybridized carbons (Fsp3) is 0.278. The monoisotopic (exact) mass is 420 g/mol. The first kappa shape index (κ1) is 17.8. The minimum absolute atomic E-state index is 0.298. The summed E-state index contributed by atoms with van der Waals surface area (Å²) in [6.07, 6.45) is 2.46. The number of thiophene rings is 1. The summed E-state index contributed by atoms with van der Waals surface area (Å²) in [5.74, 6) is -1.03. The van der Waals surface area contributed by atoms with Gasteiger partial charge in [0, 0.05) is 14.9 Å². The zero-order chi connectivity index (χ0) is 18.1. The van der Waals surface area contributed by atoms with Crippen molar-refractivity contribution in [1.29, 1.82) is 0 Å². The zero-order valence-electron chi connectivity index (χ0n) is 13.8. The number of hydrogen-bond acceptors (Lipinski definition) is 4. The minimum Gasteiger partial charge on any atom is -0.480 e. The van der Waals surface area contributed by atoms with Crippen LogP contribution >= 0.6 is 27.3 Å². The molecule has 25 heavy (non-hydrogen) atoms. The van der Waals surface area contributed by atoms with Crippen molar-refractivity contribution in [2.75, 3.05) is 0 Å². The van der Waals surface area contributed by atoms with E-state index in [-0.39, 0.29) is 5.56 Å². The van der Waals surface area contributed by atoms with E-state index in [4.69, 9.17) is 0 Å². The maximum Gasteiger partial charge on any atom is 0.326 e. The minimum atomic E-state index is -1.03. The van der Waals surface area contributed by atoms with Gasteiger partial charge < -0.3 is 5.11 Å². The lowest BCUT2D eigenvalue weighted by molar-refractivity contribution is -0.141. The predicted octanol–water partition coefficient (Wildman–Crippen LogP) is 4.49. The van der Waals surface area contributed by atoms with Gasteiger partial charge in [0.1, 0.15) is 10.9 Å². The number of fused-ring (bicyclic) bond motifs is 1. The molecule has 3 rings (SSSR count). The van der Waals surface area contributed by atoms with Gasteiger partial charge in [0.05, 0.1) is 11.7 Å². The number of carboxylic acid groups (broad SMARTS) is 1. The van der Waals surface area contributed by atoms with E-state index in [0.717, 1.165) is 26.9 Å². The number of aliphatic carboxylic acids is 1. The van der Waals surface area contributed by atoms with Gasteiger partial charge in [-0.3, -0.25) is 9.36 Å². The third-order valence-corrected chi connectivity index (χ3v) is 5.94. The van der Waals surface area contributed by atoms with Crippen molar-refractivity contribution in [3.05, 3.63) is 50.3 Å². The largest absolute Gasteiger partial charge is 0.480 e. The molecular weight excluding hydrogens is 404 g/mol. The molecule has 3 aromatic rings. The molecule has 1 unspecified atom stereocenters. The number of carboxylic acids is 1. The van der Waals surface area contributed by atoms with Gasteiger partial charge in [-0.25, -0.2) is 9.78 Å². The van der Waals surface area contributed by atoms with Crippen LogP contribution in [0.3, 0.4) is 0 Å². The SMILES string of the molecule is CCc1sc2ncn(C(CC)C(=O)O)c(=O)c2c1-c1ccc(Br)cc1. The lowest BCUT2D eigenvalue weighted by atomic mass is 10.0. The molecule has 0 fully saturated rings. The Hall–Kier alpha value is -1.99. The molecule has 5 nitrogen and oxygen atoms in total. The summed E-state index contributed by atoms with van der Waals surface area (Å²) >= 11 is 4.91. The fourth-order valence-electron chi connectivity index (χ4n) is 2.93. The van der Waals surface area contributed by atoms with Crippen LogP contribution in [-0.4, -0.2) is 20.6 Å². The second-order valence-corrected chi connectivity index (χ2v) is 7.66. The number of nitrogens with zero attached hydrogens (tertiary/aromatic N) is 2. The molecule has 0 aliphatic heterocycles. The van der Waals surface area contributed by atoms with Gasteiger partial charge in [0.2, 0.25) is 0 Å². The first-order valence-electron chi connectivity index (χ1n) is 7.99. The average Bonchev–Trinajstić information content (AvgIpc) is 2.97. The Balaban J connectivity index is 2.33. The highest BCUT2D eigenvalue weighted by Gasteiger charge is 2.23. The van der Waals surface area contributed by atoms with Crippen LogP contribution in [0.25, 0.3) is 21.3 Å². The summed E-state index contributed by atoms with van der Waals surface area (Å²) in [7, 11) is 0. The van der Waals surface area contributed by atoms with Crippen molar-refractivity contribution in [2.45, 2.75) is 32.7 Å². The lowest BCUT2D eigenvalue weighted by Crippen LogP contribution is -2.29. The standard InChI is InChI=1S/C18H17BrN2O3S/c1-3-12(18(23)24)21-9-20-16-15(17(21)22)14(13(4-2)25-16)10-5-7-11(19)8-6-10/h5-9,12H,3-4H2,1-2H3,(H,23,24). The summed E-state index contributed by atoms with van der Waals surface area (Å²) in [5.41, 5.74) is 1.50. The van der Waals surface area contributed by atoms with E-state index < -0.39 is 12.0 Å². The van der Waals surface area contributed by atoms with Crippen molar-refractivity contribution < 1.29 is 9.90 Å². The molecule has 1 N–H and O–H groups in total. The third-order valence-electron chi connectivity index (χ3n) is 4.17. The van der Waals surface area contributed by atoms with E-state index in [2.05, 4.69) is 20.9 Å². The number of hydrogen-bond donors (Lipinski definition) is 1. The van der Waals surface area contributed by atoms with E-state index in [1.165, 1.54) is 22.2 Å². The van der Waals surface area contributed by atoms with Crippen LogP contribution in [0.4, 0.5) is 0 Å². The Labute approximate surface area is 157 Å². The molecule has 0 amide bonds. The molecule has 0 radical (unpaired) electrons. The average molecular weight is 421 g/mol. The van der Waals surface area contributed by atoms with Gasteiger partial charge in [-0.05, 0) is 30.5 Å². The van der Waals surface area contributed by atoms with Crippen molar-refractivity contribution >= 4 is 43.5 Å². The summed E-state index contributed by atoms with van der Waals surface area (Å²) in [4.78, 5) is 30.7. The van der Waals surface area contributed by atoms with Crippen molar-refractivity contribution in [3.8, 4) is 11.1 Å². The van der Waals surface area contributed by atoms with E-state index in [0.29, 0.717) is 16.6 Å². The predicted molar refractivity (Wildman–Crippen MR) is 103 cm³/mol. The number of rotatable bonds is 5. The summed E-state index contributed by atoms with van der Waals surface area (Å²) in [5, 5.41) is 9.91. The van der Waals surface area contributed by atoms with Crippen LogP contribution in [0.1, 0.15) is 31.2 Å². The van der Waals surface area contributed by atoms with Gasteiger partial charge >= 0.3 is 5.97 Å². The number of aryl methyl sites for hydroxylation is 1. The molecule has 0 aliphatic rings. The van der Waals surface area contributed by atoms with Crippen LogP contribution in [-0.2, 0) is 11.2 Å². The third kappa shape index (κ3) is 3.14. The lowest BCUT2D eigenvalue weighted by Gasteiger charge is -2.13. The van der Waals surface area contributed by atoms with Gasteiger partial charge in [-0.1, -0.05) is 41.9 Å². The van der Waals surface area contributed by atoms with Gasteiger partial charge in [0.25, 0.3) is 5.56 Å². The Kier molecular flexibility index (Phi) is 5.06. The molecule has 0 bridgehead atoms. The number of benzene rings is 1. The highest BCUT2D eigenvalue weighted by Crippen LogP contribution is 2.37. The molecule has 0 spiro atoms. The molecule has 0 aliphatic carbocycles. The van der Waals surface area contributed by atoms with Crippen molar-refractivity contribution in [2.24, 2.45) is 0 Å². The molecule has 2 aromatic heterocycles. The highest BCUT2D eigenvalue weighted by molar-refractivity contribution is 9.10. The zero-order valence-corrected chi connectivity index (χ0v) is 16.2. The Bertz CT molecular complexity index is 992. The van der Waals surface area contributed by atoms with E-state index in [1.807, 2.05) is 31.2 Å². The molecular formula is C18H17BrN2O3S. The maximum atomic E-state index is 13.1. The highest BCUT2D eigenvalue weighted by atomic mass is 79.9. The first-order chi connectivity index (χ1) is 12.0. The number of carbonyl (C=O) groups is 1. The Morgan fingerprint density at radius 1 is 1.32 bits per heavy atom. The molecule has 0 saturated heterocycles. The van der Waals surface area contributed by atoms with Crippen molar-refractivity contribution in [1.82, 2.24) is 9.55 Å². The quantitative estimate of drug-likeness (QED) is 0.659. The van der Waals surface area contributed by atoms with Crippen LogP contribution in [0.15, 0.2) is 39.9 Å². The van der Waals surface area contributed by atoms with Gasteiger partial charge in [0.15, 0.2) is 0 Å². The fourth-order valence-corrected chi connectivity index (χ4v) is 4.29. The van der Waals surface area contributed by atoms with E-state index in [1.54, 1.807) is 6.92 Å². The van der Waals surface area contributed by atoms with Crippen LogP contribution in [0.5, 0.6) is 0 Å². The Morgan fingerprint density at radius 3 is 2.56 bits per heavy atom. The topological polar surface area (TPSA) is 72.2 Å². The van der Waals surface area contributed by atoms with Crippen LogP contribution in [0, 0.1) is 0 Å². The molecule has 7 heteroatoms. The van der Waals surface area contributed by atoms with E-state index >= 15 is 0 Å². The Morgan fingerprint density at radius 2 is 2.00 bits per heavy atom. The molecule has 1 atom stereocenters. The summed E-state index contributed by atoms with van der Waals surface area (Å²) < 4.78 is 2.19. The van der Waals surface area contributed by atoms with Crippen LogP contribution in [0.2, 0.25) is 0 Å². The maximum absolute atomic E-state index is 13.1. The number of aromatic nitrogens is 2. The second-order valence-electron chi connectivity index (χ2n) is 5.66. The van der Waals surface area contributed by atoms with Crippen molar-refractivity contribution in [3.63, 3.8) is 0 Å². The second kappa shape index (κ2) is 7.09. The molecule has 130 valence electrons. The molecule has 0 saturated carbocycles. The van der Waals surface area contributed by atoms with E-state index in [9.17, 15) is 14.7 Å². The molecule has 2 heterocycles. The molecule has 1 aromatic carbocycles. The van der Waals surface area contributed by atoms with Gasteiger partial charge in [-0.2, -0.15) is 0 Å².